The van der Waals surface area contributed by atoms with E-state index in [9.17, 15) is 13.0 Å². The van der Waals surface area contributed by atoms with Crippen molar-refractivity contribution in [1.82, 2.24) is 0 Å². The van der Waals surface area contributed by atoms with Gasteiger partial charge in [0.2, 0.25) is 10.4 Å². The zero-order valence-corrected chi connectivity index (χ0v) is 16.6. The largest absolute Gasteiger partial charge is 1.00 e. The van der Waals surface area contributed by atoms with Crippen molar-refractivity contribution >= 4 is 22.2 Å². The molecule has 0 aromatic carbocycles. The summed E-state index contributed by atoms with van der Waals surface area (Å²) in [6.07, 6.45) is 10.5. The smallest absolute Gasteiger partial charge is 0.726 e. The SMILES string of the molecule is CCCCCCCSCCCCCCOS(=O)(=O)[O-].[Na+]. The van der Waals surface area contributed by atoms with Gasteiger partial charge in [-0.3, -0.25) is 4.18 Å². The van der Waals surface area contributed by atoms with Crippen molar-refractivity contribution in [2.45, 2.75) is 64.7 Å². The van der Waals surface area contributed by atoms with E-state index in [0.717, 1.165) is 19.3 Å². The van der Waals surface area contributed by atoms with Crippen LogP contribution in [0.25, 0.3) is 0 Å². The van der Waals surface area contributed by atoms with Crippen molar-refractivity contribution in [3.63, 3.8) is 0 Å². The number of rotatable bonds is 14. The summed E-state index contributed by atoms with van der Waals surface area (Å²) in [6.45, 7) is 2.25. The molecule has 0 heterocycles. The molecule has 0 saturated heterocycles. The van der Waals surface area contributed by atoms with Crippen LogP contribution in [0.4, 0.5) is 0 Å². The van der Waals surface area contributed by atoms with Gasteiger partial charge in [0.1, 0.15) is 0 Å². The molecule has 0 fully saturated rings. The maximum Gasteiger partial charge on any atom is 1.00 e. The van der Waals surface area contributed by atoms with Crippen LogP contribution in [0.5, 0.6) is 0 Å². The van der Waals surface area contributed by atoms with E-state index in [1.165, 1.54) is 43.6 Å². The molecule has 4 nitrogen and oxygen atoms in total. The fourth-order valence-corrected chi connectivity index (χ4v) is 3.07. The minimum Gasteiger partial charge on any atom is -0.726 e. The monoisotopic (exact) mass is 334 g/mol. The van der Waals surface area contributed by atoms with Crippen LogP contribution >= 0.6 is 11.8 Å². The van der Waals surface area contributed by atoms with Gasteiger partial charge in [-0.05, 0) is 30.8 Å². The molecule has 7 heteroatoms. The van der Waals surface area contributed by atoms with Gasteiger partial charge < -0.3 is 4.55 Å². The third-order valence-corrected chi connectivity index (χ3v) is 4.41. The van der Waals surface area contributed by atoms with Gasteiger partial charge in [-0.25, -0.2) is 8.42 Å². The predicted octanol–water partition coefficient (Wildman–Crippen LogP) is 0.731. The molecule has 0 radical (unpaired) electrons. The Morgan fingerprint density at radius 2 is 1.40 bits per heavy atom. The molecule has 0 atom stereocenters. The van der Waals surface area contributed by atoms with Gasteiger partial charge in [-0.2, -0.15) is 11.8 Å². The van der Waals surface area contributed by atoms with Gasteiger partial charge in [-0.15, -0.1) is 0 Å². The summed E-state index contributed by atoms with van der Waals surface area (Å²) < 4.78 is 34.6. The molecule has 0 amide bonds. The topological polar surface area (TPSA) is 66.4 Å². The summed E-state index contributed by atoms with van der Waals surface area (Å²) in [4.78, 5) is 0. The minimum absolute atomic E-state index is 0. The quantitative estimate of drug-likeness (QED) is 0.203. The van der Waals surface area contributed by atoms with Crippen LogP contribution in [0.3, 0.4) is 0 Å². The zero-order chi connectivity index (χ0) is 14.4. The molecule has 0 rings (SSSR count). The van der Waals surface area contributed by atoms with Crippen molar-refractivity contribution in [2.75, 3.05) is 18.1 Å². The van der Waals surface area contributed by atoms with Gasteiger partial charge in [0, 0.05) is 0 Å². The second-order valence-electron chi connectivity index (χ2n) is 4.67. The van der Waals surface area contributed by atoms with E-state index in [0.29, 0.717) is 6.42 Å². The van der Waals surface area contributed by atoms with Crippen LogP contribution in [-0.2, 0) is 14.6 Å². The number of unbranched alkanes of at least 4 members (excludes halogenated alkanes) is 7. The van der Waals surface area contributed by atoms with Crippen molar-refractivity contribution in [2.24, 2.45) is 0 Å². The maximum absolute atomic E-state index is 10.2. The second-order valence-corrected chi connectivity index (χ2v) is 6.95. The molecule has 0 spiro atoms. The molecule has 116 valence electrons. The minimum atomic E-state index is -4.49. The van der Waals surface area contributed by atoms with Crippen molar-refractivity contribution in [3.8, 4) is 0 Å². The second kappa shape index (κ2) is 16.6. The van der Waals surface area contributed by atoms with Crippen molar-refractivity contribution in [3.05, 3.63) is 0 Å². The predicted molar refractivity (Wildman–Crippen MR) is 80.2 cm³/mol. The standard InChI is InChI=1S/C13H28O4S2.Na/c1-2-3-4-6-9-12-18-13-10-7-5-8-11-17-19(14,15)16;/h2-13H2,1H3,(H,14,15,16);/q;+1/p-1. The Morgan fingerprint density at radius 1 is 0.900 bits per heavy atom. The Bertz CT molecular complexity index is 284. The zero-order valence-electron chi connectivity index (χ0n) is 12.9. The summed E-state index contributed by atoms with van der Waals surface area (Å²) in [6, 6.07) is 0. The van der Waals surface area contributed by atoms with E-state index < -0.39 is 10.4 Å². The number of hydrogen-bond donors (Lipinski definition) is 0. The van der Waals surface area contributed by atoms with Crippen molar-refractivity contribution < 1.29 is 46.7 Å². The van der Waals surface area contributed by atoms with Gasteiger partial charge in [-0.1, -0.05) is 45.4 Å². The first-order chi connectivity index (χ1) is 9.06. The fourth-order valence-electron chi connectivity index (χ4n) is 1.73. The summed E-state index contributed by atoms with van der Waals surface area (Å²) >= 11 is 2.00. The third kappa shape index (κ3) is 21.5. The van der Waals surface area contributed by atoms with Crippen LogP contribution in [0.2, 0.25) is 0 Å². The molecule has 0 aliphatic rings. The third-order valence-electron chi connectivity index (χ3n) is 2.80. The summed E-state index contributed by atoms with van der Waals surface area (Å²) in [5, 5.41) is 0. The number of thioether (sulfide) groups is 1. The van der Waals surface area contributed by atoms with Crippen LogP contribution in [0, 0.1) is 0 Å². The van der Waals surface area contributed by atoms with Gasteiger partial charge in [0.05, 0.1) is 6.61 Å². The molecule has 0 bridgehead atoms. The first-order valence-corrected chi connectivity index (χ1v) is 9.73. The molecular formula is C13H27NaO4S2. The molecule has 0 unspecified atom stereocenters. The molecule has 0 aromatic rings. The fraction of sp³-hybridized carbons (Fsp3) is 1.00. The van der Waals surface area contributed by atoms with Crippen LogP contribution < -0.4 is 29.6 Å². The van der Waals surface area contributed by atoms with Crippen molar-refractivity contribution in [1.29, 1.82) is 0 Å². The van der Waals surface area contributed by atoms with Gasteiger partial charge in [0.15, 0.2) is 0 Å². The van der Waals surface area contributed by atoms with E-state index >= 15 is 0 Å². The maximum atomic E-state index is 10.2. The summed E-state index contributed by atoms with van der Waals surface area (Å²) in [5.74, 6) is 2.43. The van der Waals surface area contributed by atoms with Gasteiger partial charge >= 0.3 is 29.6 Å². The average molecular weight is 334 g/mol. The molecule has 0 N–H and O–H groups in total. The van der Waals surface area contributed by atoms with Crippen LogP contribution in [0.1, 0.15) is 64.7 Å². The van der Waals surface area contributed by atoms with E-state index in [4.69, 9.17) is 0 Å². The first kappa shape index (κ1) is 23.5. The molecular weight excluding hydrogens is 307 g/mol. The molecule has 0 aromatic heterocycles. The average Bonchev–Trinajstić information content (AvgIpc) is 2.34. The van der Waals surface area contributed by atoms with E-state index in [-0.39, 0.29) is 36.2 Å². The Kier molecular flexibility index (Phi) is 19.5. The Morgan fingerprint density at radius 3 is 1.90 bits per heavy atom. The van der Waals surface area contributed by atoms with E-state index in [2.05, 4.69) is 11.1 Å². The Balaban J connectivity index is 0. The summed E-state index contributed by atoms with van der Waals surface area (Å²) in [7, 11) is -4.49. The first-order valence-electron chi connectivity index (χ1n) is 7.24. The van der Waals surface area contributed by atoms with E-state index in [1.54, 1.807) is 0 Å². The number of hydrogen-bond acceptors (Lipinski definition) is 5. The normalized spacial score (nSPS) is 11.3. The Labute approximate surface area is 151 Å². The van der Waals surface area contributed by atoms with Gasteiger partial charge in [0.25, 0.3) is 0 Å². The molecule has 0 aliphatic carbocycles. The van der Waals surface area contributed by atoms with E-state index in [1.807, 2.05) is 11.8 Å². The van der Waals surface area contributed by atoms with Crippen LogP contribution in [-0.4, -0.2) is 31.1 Å². The molecule has 20 heavy (non-hydrogen) atoms. The summed E-state index contributed by atoms with van der Waals surface area (Å²) in [5.41, 5.74) is 0. The van der Waals surface area contributed by atoms with Crippen LogP contribution in [0.15, 0.2) is 0 Å². The Hall–Kier alpha value is 1.22. The molecule has 0 saturated carbocycles. The molecule has 0 aliphatic heterocycles.